The number of alkyl halides is 3. The first-order valence-corrected chi connectivity index (χ1v) is 5.40. The Kier molecular flexibility index (Phi) is 5.67. The highest BCUT2D eigenvalue weighted by atomic mass is 19.4. The lowest BCUT2D eigenvalue weighted by Gasteiger charge is -2.11. The van der Waals surface area contributed by atoms with Crippen LogP contribution in [0.4, 0.5) is 13.2 Å². The second kappa shape index (κ2) is 7.02. The molecular weight excluding hydrogens is 261 g/mol. The highest BCUT2D eigenvalue weighted by Gasteiger charge is 2.27. The Labute approximate surface area is 109 Å². The van der Waals surface area contributed by atoms with Gasteiger partial charge in [0, 0.05) is 0 Å². The maximum Gasteiger partial charge on any atom is 0.411 e. The molecule has 0 radical (unpaired) electrons. The third-order valence-corrected chi connectivity index (χ3v) is 2.00. The van der Waals surface area contributed by atoms with Gasteiger partial charge in [-0.25, -0.2) is 0 Å². The summed E-state index contributed by atoms with van der Waals surface area (Å²) >= 11 is 0. The average molecular weight is 274 g/mol. The minimum absolute atomic E-state index is 0.308. The lowest BCUT2D eigenvalue weighted by atomic mass is 10.1. The molecule has 1 aromatic rings. The number of ether oxygens (including phenoxy) is 2. The molecule has 0 aliphatic rings. The summed E-state index contributed by atoms with van der Waals surface area (Å²) in [7, 11) is 0. The van der Waals surface area contributed by atoms with Gasteiger partial charge in [-0.3, -0.25) is 0 Å². The normalized spacial score (nSPS) is 10.8. The maximum atomic E-state index is 11.8. The first-order chi connectivity index (χ1) is 8.92. The van der Waals surface area contributed by atoms with Crippen LogP contribution in [0.25, 0.3) is 0 Å². The van der Waals surface area contributed by atoms with E-state index in [1.54, 1.807) is 18.2 Å². The van der Waals surface area contributed by atoms with Crippen molar-refractivity contribution >= 4 is 0 Å². The van der Waals surface area contributed by atoms with Crippen LogP contribution in [0.2, 0.25) is 0 Å². The number of aliphatic hydroxyl groups excluding tert-OH is 1. The monoisotopic (exact) mass is 274 g/mol. The number of rotatable bonds is 4. The molecule has 0 heterocycles. The van der Waals surface area contributed by atoms with E-state index in [-0.39, 0.29) is 6.61 Å². The SMILES string of the molecule is Cc1ccc(OCOCC(F)(F)F)c(C#CCO)c1. The quantitative estimate of drug-likeness (QED) is 0.520. The van der Waals surface area contributed by atoms with E-state index in [9.17, 15) is 13.2 Å². The summed E-state index contributed by atoms with van der Waals surface area (Å²) in [6.45, 7) is -0.348. The molecule has 0 spiro atoms. The van der Waals surface area contributed by atoms with Crippen LogP contribution < -0.4 is 4.74 Å². The van der Waals surface area contributed by atoms with Gasteiger partial charge in [-0.15, -0.1) is 0 Å². The summed E-state index contributed by atoms with van der Waals surface area (Å²) in [6.07, 6.45) is -4.38. The molecule has 0 aromatic heterocycles. The zero-order chi connectivity index (χ0) is 14.3. The highest BCUT2D eigenvalue weighted by molar-refractivity contribution is 5.48. The van der Waals surface area contributed by atoms with Gasteiger partial charge in [0.15, 0.2) is 6.79 Å². The van der Waals surface area contributed by atoms with Crippen LogP contribution in [-0.2, 0) is 4.74 Å². The molecule has 0 saturated carbocycles. The van der Waals surface area contributed by atoms with Crippen LogP contribution in [0, 0.1) is 18.8 Å². The lowest BCUT2D eigenvalue weighted by molar-refractivity contribution is -0.186. The fourth-order valence-corrected chi connectivity index (χ4v) is 1.26. The molecule has 0 bridgehead atoms. The van der Waals surface area contributed by atoms with Crippen LogP contribution in [0.1, 0.15) is 11.1 Å². The molecule has 0 fully saturated rings. The fraction of sp³-hybridized carbons (Fsp3) is 0.385. The van der Waals surface area contributed by atoms with E-state index in [0.29, 0.717) is 11.3 Å². The van der Waals surface area contributed by atoms with E-state index >= 15 is 0 Å². The Balaban J connectivity index is 2.62. The molecule has 0 amide bonds. The molecule has 0 aliphatic heterocycles. The van der Waals surface area contributed by atoms with E-state index in [4.69, 9.17) is 9.84 Å². The van der Waals surface area contributed by atoms with Crippen LogP contribution >= 0.6 is 0 Å². The summed E-state index contributed by atoms with van der Waals surface area (Å²) in [5.41, 5.74) is 1.41. The van der Waals surface area contributed by atoms with Crippen molar-refractivity contribution in [3.05, 3.63) is 29.3 Å². The van der Waals surface area contributed by atoms with E-state index in [0.717, 1.165) is 5.56 Å². The first kappa shape index (κ1) is 15.3. The van der Waals surface area contributed by atoms with Crippen molar-refractivity contribution in [3.8, 4) is 17.6 Å². The van der Waals surface area contributed by atoms with E-state index in [1.165, 1.54) is 0 Å². The zero-order valence-electron chi connectivity index (χ0n) is 10.3. The third kappa shape index (κ3) is 6.13. The number of hydrogen-bond donors (Lipinski definition) is 1. The van der Waals surface area contributed by atoms with Crippen molar-refractivity contribution in [2.75, 3.05) is 20.0 Å². The van der Waals surface area contributed by atoms with Crippen LogP contribution in [-0.4, -0.2) is 31.3 Å². The Morgan fingerprint density at radius 1 is 1.32 bits per heavy atom. The van der Waals surface area contributed by atoms with Gasteiger partial charge < -0.3 is 14.6 Å². The van der Waals surface area contributed by atoms with Crippen LogP contribution in [0.5, 0.6) is 5.75 Å². The molecule has 1 N–H and O–H groups in total. The number of aliphatic hydroxyl groups is 1. The molecule has 6 heteroatoms. The summed E-state index contributed by atoms with van der Waals surface area (Å²) in [4.78, 5) is 0. The maximum absolute atomic E-state index is 11.8. The standard InChI is InChI=1S/C13H13F3O3/c1-10-4-5-12(11(7-10)3-2-6-17)19-9-18-8-13(14,15)16/h4-5,7,17H,6,8-9H2,1H3. The molecule has 0 unspecified atom stereocenters. The van der Waals surface area contributed by atoms with Gasteiger partial charge >= 0.3 is 6.18 Å². The Bertz CT molecular complexity index is 472. The first-order valence-electron chi connectivity index (χ1n) is 5.40. The minimum atomic E-state index is -4.38. The lowest BCUT2D eigenvalue weighted by Crippen LogP contribution is -2.19. The molecule has 1 aromatic carbocycles. The molecule has 0 atom stereocenters. The van der Waals surface area contributed by atoms with Gasteiger partial charge in [0.1, 0.15) is 19.0 Å². The van der Waals surface area contributed by atoms with Crippen LogP contribution in [0.3, 0.4) is 0 Å². The van der Waals surface area contributed by atoms with E-state index in [2.05, 4.69) is 16.6 Å². The summed E-state index contributed by atoms with van der Waals surface area (Å²) in [5.74, 6) is 5.42. The van der Waals surface area contributed by atoms with Gasteiger partial charge in [0.25, 0.3) is 0 Å². The predicted octanol–water partition coefficient (Wildman–Crippen LogP) is 2.25. The zero-order valence-corrected chi connectivity index (χ0v) is 10.3. The minimum Gasteiger partial charge on any atom is -0.466 e. The summed E-state index contributed by atoms with van der Waals surface area (Å²) in [6, 6.07) is 5.04. The van der Waals surface area contributed by atoms with Gasteiger partial charge in [-0.05, 0) is 24.6 Å². The van der Waals surface area contributed by atoms with Crippen molar-refractivity contribution in [1.29, 1.82) is 0 Å². The number of aryl methyl sites for hydroxylation is 1. The van der Waals surface area contributed by atoms with Gasteiger partial charge in [0.2, 0.25) is 0 Å². The van der Waals surface area contributed by atoms with Crippen molar-refractivity contribution in [1.82, 2.24) is 0 Å². The van der Waals surface area contributed by atoms with E-state index < -0.39 is 19.6 Å². The fourth-order valence-electron chi connectivity index (χ4n) is 1.26. The number of benzene rings is 1. The van der Waals surface area contributed by atoms with Crippen molar-refractivity contribution in [3.63, 3.8) is 0 Å². The van der Waals surface area contributed by atoms with Gasteiger partial charge in [-0.1, -0.05) is 17.9 Å². The Morgan fingerprint density at radius 2 is 2.05 bits per heavy atom. The molecule has 3 nitrogen and oxygen atoms in total. The molecule has 0 saturated heterocycles. The van der Waals surface area contributed by atoms with E-state index in [1.807, 2.05) is 6.92 Å². The van der Waals surface area contributed by atoms with Gasteiger partial charge in [0.05, 0.1) is 5.56 Å². The van der Waals surface area contributed by atoms with Crippen molar-refractivity contribution in [2.24, 2.45) is 0 Å². The van der Waals surface area contributed by atoms with Gasteiger partial charge in [-0.2, -0.15) is 13.2 Å². The summed E-state index contributed by atoms with van der Waals surface area (Å²) < 4.78 is 45.0. The molecule has 104 valence electrons. The predicted molar refractivity (Wildman–Crippen MR) is 62.6 cm³/mol. The number of halogens is 3. The largest absolute Gasteiger partial charge is 0.466 e. The smallest absolute Gasteiger partial charge is 0.411 e. The van der Waals surface area contributed by atoms with Crippen molar-refractivity contribution < 1.29 is 27.8 Å². The van der Waals surface area contributed by atoms with Crippen LogP contribution in [0.15, 0.2) is 18.2 Å². The molecule has 0 aliphatic carbocycles. The molecule has 19 heavy (non-hydrogen) atoms. The Morgan fingerprint density at radius 3 is 2.68 bits per heavy atom. The average Bonchev–Trinajstić information content (AvgIpc) is 2.32. The third-order valence-electron chi connectivity index (χ3n) is 2.00. The second-order valence-corrected chi connectivity index (χ2v) is 3.69. The molecule has 1 rings (SSSR count). The molecular formula is C13H13F3O3. The summed E-state index contributed by atoms with van der Waals surface area (Å²) in [5, 5.41) is 8.63. The van der Waals surface area contributed by atoms with Crippen molar-refractivity contribution in [2.45, 2.75) is 13.1 Å². The number of hydrogen-bond acceptors (Lipinski definition) is 3. The second-order valence-electron chi connectivity index (χ2n) is 3.69. The Hall–Kier alpha value is -1.71. The highest BCUT2D eigenvalue weighted by Crippen LogP contribution is 2.20. The topological polar surface area (TPSA) is 38.7 Å².